The van der Waals surface area contributed by atoms with E-state index in [4.69, 9.17) is 16.3 Å². The third-order valence-electron chi connectivity index (χ3n) is 4.37. The average molecular weight is 373 g/mol. The number of hydrogen-bond acceptors (Lipinski definition) is 4. The molecule has 0 aliphatic heterocycles. The third-order valence-corrected chi connectivity index (χ3v) is 4.68. The van der Waals surface area contributed by atoms with E-state index in [-0.39, 0.29) is 17.0 Å². The lowest BCUT2D eigenvalue weighted by atomic mass is 9.87. The van der Waals surface area contributed by atoms with E-state index in [1.54, 1.807) is 22.8 Å². The molecule has 1 N–H and O–H groups in total. The topological polar surface area (TPSA) is 63.8 Å². The molecular formula is C20H21ClN2O3. The van der Waals surface area contributed by atoms with Crippen molar-refractivity contribution in [3.8, 4) is 11.6 Å². The lowest BCUT2D eigenvalue weighted by Crippen LogP contribution is -2.11. The number of rotatable bonds is 5. The highest BCUT2D eigenvalue weighted by molar-refractivity contribution is 6.35. The van der Waals surface area contributed by atoms with Crippen molar-refractivity contribution in [1.82, 2.24) is 4.57 Å². The van der Waals surface area contributed by atoms with Crippen LogP contribution in [0.2, 0.25) is 5.02 Å². The van der Waals surface area contributed by atoms with Crippen molar-refractivity contribution < 1.29 is 9.84 Å². The summed E-state index contributed by atoms with van der Waals surface area (Å²) in [7, 11) is 0. The maximum absolute atomic E-state index is 11.1. The molecular weight excluding hydrogens is 352 g/mol. The monoisotopic (exact) mass is 372 g/mol. The van der Waals surface area contributed by atoms with Gasteiger partial charge in [-0.3, -0.25) is 0 Å². The van der Waals surface area contributed by atoms with Crippen LogP contribution >= 0.6 is 11.6 Å². The second kappa shape index (κ2) is 7.00. The fourth-order valence-electron chi connectivity index (χ4n) is 2.95. The van der Waals surface area contributed by atoms with Gasteiger partial charge in [0.1, 0.15) is 12.4 Å². The number of aromatic hydroxyl groups is 1. The van der Waals surface area contributed by atoms with Crippen LogP contribution in [0.4, 0.5) is 5.69 Å². The summed E-state index contributed by atoms with van der Waals surface area (Å²) in [6.07, 6.45) is 0. The molecule has 2 aromatic carbocycles. The molecule has 0 atom stereocenters. The summed E-state index contributed by atoms with van der Waals surface area (Å²) in [4.78, 5) is 11.1. The number of benzene rings is 2. The zero-order valence-corrected chi connectivity index (χ0v) is 15.7. The zero-order valence-electron chi connectivity index (χ0n) is 15.0. The van der Waals surface area contributed by atoms with Crippen LogP contribution < -0.4 is 4.74 Å². The molecule has 1 heterocycles. The largest absolute Gasteiger partial charge is 0.493 e. The second-order valence-corrected chi connectivity index (χ2v) is 7.58. The molecule has 5 nitrogen and oxygen atoms in total. The first-order chi connectivity index (χ1) is 12.3. The lowest BCUT2D eigenvalue weighted by molar-refractivity contribution is 0.290. The summed E-state index contributed by atoms with van der Waals surface area (Å²) in [6.45, 7) is 7.12. The van der Waals surface area contributed by atoms with Crippen molar-refractivity contribution in [2.24, 2.45) is 5.18 Å². The Kier molecular flexibility index (Phi) is 4.92. The van der Waals surface area contributed by atoms with E-state index < -0.39 is 0 Å². The Hall–Kier alpha value is -2.53. The smallest absolute Gasteiger partial charge is 0.222 e. The zero-order chi connectivity index (χ0) is 18.9. The molecule has 0 aliphatic carbocycles. The van der Waals surface area contributed by atoms with Gasteiger partial charge in [0, 0.05) is 5.39 Å². The molecule has 1 aromatic heterocycles. The van der Waals surface area contributed by atoms with Crippen LogP contribution in [0.3, 0.4) is 0 Å². The molecule has 0 fully saturated rings. The average Bonchev–Trinajstić information content (AvgIpc) is 2.87. The molecule has 0 bridgehead atoms. The minimum Gasteiger partial charge on any atom is -0.493 e. The molecule has 136 valence electrons. The maximum Gasteiger partial charge on any atom is 0.222 e. The van der Waals surface area contributed by atoms with Gasteiger partial charge >= 0.3 is 0 Å². The highest BCUT2D eigenvalue weighted by Crippen LogP contribution is 2.41. The van der Waals surface area contributed by atoms with Crippen LogP contribution in [0.1, 0.15) is 26.3 Å². The lowest BCUT2D eigenvalue weighted by Gasteiger charge is -2.19. The molecule has 3 aromatic rings. The van der Waals surface area contributed by atoms with E-state index in [2.05, 4.69) is 25.9 Å². The van der Waals surface area contributed by atoms with Crippen LogP contribution in [-0.2, 0) is 12.0 Å². The Bertz CT molecular complexity index is 940. The summed E-state index contributed by atoms with van der Waals surface area (Å²) >= 11 is 6.24. The van der Waals surface area contributed by atoms with Crippen molar-refractivity contribution in [2.75, 3.05) is 6.61 Å². The number of halogens is 1. The van der Waals surface area contributed by atoms with Gasteiger partial charge < -0.3 is 14.4 Å². The SMILES string of the molecule is CC(C)(C)c1ccc(OCCn2c(O)c(N=O)c3cccc(Cl)c32)cc1. The van der Waals surface area contributed by atoms with Crippen molar-refractivity contribution >= 4 is 28.2 Å². The Morgan fingerprint density at radius 1 is 1.15 bits per heavy atom. The summed E-state index contributed by atoms with van der Waals surface area (Å²) in [5.74, 6) is 0.545. The van der Waals surface area contributed by atoms with Gasteiger partial charge in [-0.15, -0.1) is 4.91 Å². The molecule has 0 spiro atoms. The molecule has 0 aliphatic rings. The van der Waals surface area contributed by atoms with Gasteiger partial charge in [-0.05, 0) is 34.4 Å². The van der Waals surface area contributed by atoms with Crippen LogP contribution in [0.25, 0.3) is 10.9 Å². The number of nitroso groups, excluding NO2 is 1. The Morgan fingerprint density at radius 3 is 2.46 bits per heavy atom. The predicted octanol–water partition coefficient (Wildman–Crippen LogP) is 5.77. The van der Waals surface area contributed by atoms with Crippen LogP contribution in [0, 0.1) is 4.91 Å². The normalized spacial score (nSPS) is 11.7. The third kappa shape index (κ3) is 3.40. The highest BCUT2D eigenvalue weighted by Gasteiger charge is 2.19. The molecule has 6 heteroatoms. The summed E-state index contributed by atoms with van der Waals surface area (Å²) in [6, 6.07) is 13.1. The van der Waals surface area contributed by atoms with Gasteiger partial charge in [0.05, 0.1) is 17.1 Å². The first kappa shape index (κ1) is 18.3. The molecule has 0 radical (unpaired) electrons. The number of para-hydroxylation sites is 1. The molecule has 0 saturated carbocycles. The fraction of sp³-hybridized carbons (Fsp3) is 0.300. The van der Waals surface area contributed by atoms with Crippen LogP contribution in [0.5, 0.6) is 11.6 Å². The van der Waals surface area contributed by atoms with E-state index >= 15 is 0 Å². The predicted molar refractivity (Wildman–Crippen MR) is 105 cm³/mol. The summed E-state index contributed by atoms with van der Waals surface area (Å²) in [5.41, 5.74) is 1.89. The minimum absolute atomic E-state index is 0.00275. The Morgan fingerprint density at radius 2 is 1.85 bits per heavy atom. The Labute approximate surface area is 157 Å². The van der Waals surface area contributed by atoms with E-state index in [1.165, 1.54) is 5.56 Å². The number of ether oxygens (including phenoxy) is 1. The van der Waals surface area contributed by atoms with Gasteiger partial charge in [-0.2, -0.15) is 0 Å². The molecule has 0 amide bonds. The van der Waals surface area contributed by atoms with E-state index in [1.807, 2.05) is 24.3 Å². The van der Waals surface area contributed by atoms with Crippen LogP contribution in [0.15, 0.2) is 47.6 Å². The van der Waals surface area contributed by atoms with E-state index in [0.29, 0.717) is 29.1 Å². The van der Waals surface area contributed by atoms with Gasteiger partial charge in [-0.1, -0.05) is 56.6 Å². The standard InChI is InChI=1S/C20H21ClN2O3/c1-20(2,3)13-7-9-14(10-8-13)26-12-11-23-18-15(5-4-6-16(18)21)17(22-25)19(23)24/h4-10,24H,11-12H2,1-3H3. The van der Waals surface area contributed by atoms with Gasteiger partial charge in [-0.25, -0.2) is 0 Å². The van der Waals surface area contributed by atoms with Crippen molar-refractivity contribution in [2.45, 2.75) is 32.7 Å². The number of fused-ring (bicyclic) bond motifs is 1. The minimum atomic E-state index is -0.199. The summed E-state index contributed by atoms with van der Waals surface area (Å²) in [5, 5.41) is 14.2. The fourth-order valence-corrected chi connectivity index (χ4v) is 3.23. The number of nitrogens with zero attached hydrogens (tertiary/aromatic N) is 2. The molecule has 26 heavy (non-hydrogen) atoms. The number of aromatic nitrogens is 1. The number of hydrogen-bond donors (Lipinski definition) is 1. The van der Waals surface area contributed by atoms with E-state index in [9.17, 15) is 10.0 Å². The molecule has 3 rings (SSSR count). The second-order valence-electron chi connectivity index (χ2n) is 7.17. The van der Waals surface area contributed by atoms with Crippen LogP contribution in [-0.4, -0.2) is 16.3 Å². The highest BCUT2D eigenvalue weighted by atomic mass is 35.5. The Balaban J connectivity index is 1.78. The van der Waals surface area contributed by atoms with Gasteiger partial charge in [0.2, 0.25) is 5.88 Å². The van der Waals surface area contributed by atoms with Gasteiger partial charge in [0.15, 0.2) is 5.69 Å². The van der Waals surface area contributed by atoms with E-state index in [0.717, 1.165) is 5.75 Å². The summed E-state index contributed by atoms with van der Waals surface area (Å²) < 4.78 is 7.33. The van der Waals surface area contributed by atoms with Crippen molar-refractivity contribution in [3.05, 3.63) is 58.0 Å². The maximum atomic E-state index is 11.1. The van der Waals surface area contributed by atoms with Crippen molar-refractivity contribution in [1.29, 1.82) is 0 Å². The van der Waals surface area contributed by atoms with Gasteiger partial charge in [0.25, 0.3) is 0 Å². The first-order valence-electron chi connectivity index (χ1n) is 8.39. The first-order valence-corrected chi connectivity index (χ1v) is 8.77. The molecule has 0 unspecified atom stereocenters. The van der Waals surface area contributed by atoms with Crippen molar-refractivity contribution in [3.63, 3.8) is 0 Å². The quantitative estimate of drug-likeness (QED) is 0.578. The molecule has 0 saturated heterocycles.